The Kier molecular flexibility index (Phi) is 6.29. The third kappa shape index (κ3) is 5.13. The lowest BCUT2D eigenvalue weighted by Crippen LogP contribution is -2.20. The van der Waals surface area contributed by atoms with E-state index in [1.807, 2.05) is 24.3 Å². The second kappa shape index (κ2) is 10.1. The van der Waals surface area contributed by atoms with Crippen LogP contribution in [0.15, 0.2) is 67.0 Å². The Labute approximate surface area is 244 Å². The first kappa shape index (κ1) is 26.9. The van der Waals surface area contributed by atoms with E-state index >= 15 is 0 Å². The molecule has 0 radical (unpaired) electrons. The number of H-pyrrole nitrogens is 2. The average molecular weight is 597 g/mol. The summed E-state index contributed by atoms with van der Waals surface area (Å²) in [5, 5.41) is 9.00. The van der Waals surface area contributed by atoms with Gasteiger partial charge in [0.15, 0.2) is 21.4 Å². The molecular formula is C30H25FN8O3S. The molecule has 1 saturated carbocycles. The maximum atomic E-state index is 14.6. The molecule has 1 aliphatic rings. The predicted octanol–water partition coefficient (Wildman–Crippen LogP) is 4.72. The first-order valence-corrected chi connectivity index (χ1v) is 15.5. The molecule has 1 atom stereocenters. The van der Waals surface area contributed by atoms with Gasteiger partial charge in [-0.3, -0.25) is 14.9 Å². The predicted molar refractivity (Wildman–Crippen MR) is 161 cm³/mol. The standard InChI is InChI=1S/C30H25FN8O3S/c1-43(41,42)28(32)17-9-16(10-19(31)11-17)21-3-2-4-23-25(21)37-29(36-23)27-26-24(38-39-27)8-7-22(35-26)18-12-20(14-33-13-18)34-30(40)15-5-6-15/h2-4,7-15,28H,5-6,32H2,1H3,(H,34,40)(H,36,37)(H,38,39). The third-order valence-electron chi connectivity index (χ3n) is 7.42. The summed E-state index contributed by atoms with van der Waals surface area (Å²) in [6, 6.07) is 14.9. The highest BCUT2D eigenvalue weighted by Crippen LogP contribution is 2.34. The van der Waals surface area contributed by atoms with E-state index in [9.17, 15) is 17.6 Å². The second-order valence-corrected chi connectivity index (χ2v) is 12.9. The number of fused-ring (bicyclic) bond motifs is 2. The highest BCUT2D eigenvalue weighted by molar-refractivity contribution is 7.90. The van der Waals surface area contributed by atoms with Crippen molar-refractivity contribution in [3.05, 3.63) is 78.4 Å². The van der Waals surface area contributed by atoms with E-state index in [0.29, 0.717) is 56.1 Å². The van der Waals surface area contributed by atoms with E-state index in [-0.39, 0.29) is 17.4 Å². The van der Waals surface area contributed by atoms with Crippen LogP contribution in [-0.2, 0) is 14.6 Å². The summed E-state index contributed by atoms with van der Waals surface area (Å²) in [6.45, 7) is 0. The van der Waals surface area contributed by atoms with Gasteiger partial charge in [-0.25, -0.2) is 22.8 Å². The van der Waals surface area contributed by atoms with Gasteiger partial charge in [0, 0.05) is 29.5 Å². The molecule has 0 bridgehead atoms. The van der Waals surface area contributed by atoms with Gasteiger partial charge in [0.25, 0.3) is 0 Å². The molecule has 1 amide bonds. The maximum Gasteiger partial charge on any atom is 0.227 e. The number of rotatable bonds is 7. The van der Waals surface area contributed by atoms with Crippen molar-refractivity contribution in [3.8, 4) is 33.9 Å². The Bertz CT molecular complexity index is 2170. The van der Waals surface area contributed by atoms with Crippen LogP contribution < -0.4 is 11.1 Å². The molecule has 216 valence electrons. The number of carbonyl (C=O) groups is 1. The topological polar surface area (TPSA) is 172 Å². The molecule has 4 aromatic heterocycles. The van der Waals surface area contributed by atoms with E-state index in [1.165, 1.54) is 6.07 Å². The molecule has 1 aliphatic carbocycles. The minimum atomic E-state index is -3.64. The fourth-order valence-corrected chi connectivity index (χ4v) is 5.65. The number of para-hydroxylation sites is 1. The molecule has 0 aliphatic heterocycles. The van der Waals surface area contributed by atoms with Crippen LogP contribution in [-0.4, -0.2) is 50.7 Å². The zero-order valence-corrected chi connectivity index (χ0v) is 23.6. The molecule has 4 heterocycles. The average Bonchev–Trinajstić information content (AvgIpc) is 3.62. The summed E-state index contributed by atoms with van der Waals surface area (Å²) in [6.07, 6.45) is 6.11. The Hall–Kier alpha value is -5.01. The second-order valence-electron chi connectivity index (χ2n) is 10.7. The van der Waals surface area contributed by atoms with Crippen LogP contribution in [0.5, 0.6) is 0 Å². The monoisotopic (exact) mass is 596 g/mol. The van der Waals surface area contributed by atoms with Crippen molar-refractivity contribution in [1.82, 2.24) is 30.1 Å². The maximum absolute atomic E-state index is 14.6. The van der Waals surface area contributed by atoms with Crippen LogP contribution in [0.1, 0.15) is 23.8 Å². The summed E-state index contributed by atoms with van der Waals surface area (Å²) in [5.41, 5.74) is 12.0. The molecule has 7 rings (SSSR count). The fourth-order valence-electron chi connectivity index (χ4n) is 5.02. The molecule has 0 saturated heterocycles. The van der Waals surface area contributed by atoms with Gasteiger partial charge in [-0.1, -0.05) is 12.1 Å². The summed E-state index contributed by atoms with van der Waals surface area (Å²) < 4.78 is 38.7. The molecule has 43 heavy (non-hydrogen) atoms. The number of halogens is 1. The lowest BCUT2D eigenvalue weighted by Gasteiger charge is -2.12. The van der Waals surface area contributed by atoms with E-state index in [1.54, 1.807) is 30.6 Å². The largest absolute Gasteiger partial charge is 0.336 e. The fraction of sp³-hybridized carbons (Fsp3) is 0.167. The minimum Gasteiger partial charge on any atom is -0.336 e. The zero-order chi connectivity index (χ0) is 29.9. The number of nitrogens with one attached hydrogen (secondary N) is 3. The highest BCUT2D eigenvalue weighted by atomic mass is 32.2. The molecule has 11 nitrogen and oxygen atoms in total. The number of nitrogens with zero attached hydrogens (tertiary/aromatic N) is 4. The van der Waals surface area contributed by atoms with Gasteiger partial charge in [-0.15, -0.1) is 0 Å². The first-order chi connectivity index (χ1) is 20.6. The van der Waals surface area contributed by atoms with Gasteiger partial charge >= 0.3 is 0 Å². The van der Waals surface area contributed by atoms with Crippen LogP contribution in [0, 0.1) is 11.7 Å². The van der Waals surface area contributed by atoms with Gasteiger partial charge in [-0.2, -0.15) is 5.10 Å². The van der Waals surface area contributed by atoms with Gasteiger partial charge < -0.3 is 16.0 Å². The molecule has 6 aromatic rings. The number of benzene rings is 2. The molecule has 2 aromatic carbocycles. The van der Waals surface area contributed by atoms with Gasteiger partial charge in [0.1, 0.15) is 16.7 Å². The lowest BCUT2D eigenvalue weighted by atomic mass is 10.0. The zero-order valence-electron chi connectivity index (χ0n) is 22.8. The number of pyridine rings is 2. The van der Waals surface area contributed by atoms with E-state index in [0.717, 1.165) is 30.7 Å². The summed E-state index contributed by atoms with van der Waals surface area (Å²) in [5.74, 6) is -0.105. The SMILES string of the molecule is CS(=O)(=O)C(N)c1cc(F)cc(-c2cccc3[nH]c(-c4n[nH]c5ccc(-c6cncc(NC(=O)C7CC7)c6)nc45)nc23)c1. The lowest BCUT2D eigenvalue weighted by molar-refractivity contribution is -0.117. The van der Waals surface area contributed by atoms with Crippen molar-refractivity contribution in [1.29, 1.82) is 0 Å². The molecule has 1 fully saturated rings. The normalized spacial score (nSPS) is 14.3. The highest BCUT2D eigenvalue weighted by Gasteiger charge is 2.29. The van der Waals surface area contributed by atoms with Crippen LogP contribution in [0.3, 0.4) is 0 Å². The van der Waals surface area contributed by atoms with Gasteiger partial charge in [0.2, 0.25) is 5.91 Å². The number of amides is 1. The van der Waals surface area contributed by atoms with E-state index in [2.05, 4.69) is 25.5 Å². The molecule has 13 heteroatoms. The van der Waals surface area contributed by atoms with Gasteiger partial charge in [0.05, 0.1) is 34.1 Å². The van der Waals surface area contributed by atoms with Crippen LogP contribution in [0.25, 0.3) is 56.0 Å². The quantitative estimate of drug-likeness (QED) is 0.205. The Morgan fingerprint density at radius 1 is 1.02 bits per heavy atom. The number of hydrogen-bond donors (Lipinski definition) is 4. The molecule has 0 spiro atoms. The van der Waals surface area contributed by atoms with Crippen molar-refractivity contribution >= 4 is 43.5 Å². The number of imidazole rings is 1. The molecule has 1 unspecified atom stereocenters. The Morgan fingerprint density at radius 3 is 2.65 bits per heavy atom. The summed E-state index contributed by atoms with van der Waals surface area (Å²) in [7, 11) is -3.64. The number of aromatic nitrogens is 6. The summed E-state index contributed by atoms with van der Waals surface area (Å²) >= 11 is 0. The van der Waals surface area contributed by atoms with Gasteiger partial charge in [-0.05, 0) is 66.4 Å². The number of sulfone groups is 1. The van der Waals surface area contributed by atoms with Crippen LogP contribution >= 0.6 is 0 Å². The Balaban J connectivity index is 1.27. The van der Waals surface area contributed by atoms with Crippen molar-refractivity contribution < 1.29 is 17.6 Å². The Morgan fingerprint density at radius 2 is 1.86 bits per heavy atom. The number of aromatic amines is 2. The van der Waals surface area contributed by atoms with E-state index in [4.69, 9.17) is 15.7 Å². The summed E-state index contributed by atoms with van der Waals surface area (Å²) in [4.78, 5) is 29.4. The van der Waals surface area contributed by atoms with Crippen molar-refractivity contribution in [2.45, 2.75) is 18.2 Å². The first-order valence-electron chi connectivity index (χ1n) is 13.5. The number of anilines is 1. The number of carbonyl (C=O) groups excluding carboxylic acids is 1. The van der Waals surface area contributed by atoms with Crippen molar-refractivity contribution in [2.75, 3.05) is 11.6 Å². The molecule has 5 N–H and O–H groups in total. The van der Waals surface area contributed by atoms with Crippen LogP contribution in [0.2, 0.25) is 0 Å². The number of nitrogens with two attached hydrogens (primary N) is 1. The molecular weight excluding hydrogens is 571 g/mol. The van der Waals surface area contributed by atoms with Crippen molar-refractivity contribution in [2.24, 2.45) is 11.7 Å². The van der Waals surface area contributed by atoms with Crippen LogP contribution in [0.4, 0.5) is 10.1 Å². The minimum absolute atomic E-state index is 0.00329. The third-order valence-corrected chi connectivity index (χ3v) is 8.61. The number of hydrogen-bond acceptors (Lipinski definition) is 8. The van der Waals surface area contributed by atoms with Crippen molar-refractivity contribution in [3.63, 3.8) is 0 Å². The smallest absolute Gasteiger partial charge is 0.227 e. The van der Waals surface area contributed by atoms with E-state index < -0.39 is 21.0 Å².